The summed E-state index contributed by atoms with van der Waals surface area (Å²) < 4.78 is 4.63. The summed E-state index contributed by atoms with van der Waals surface area (Å²) in [4.78, 5) is 13.2. The first-order chi connectivity index (χ1) is 7.02. The van der Waals surface area contributed by atoms with Crippen molar-refractivity contribution < 1.29 is 14.6 Å². The number of hydrogen-bond donors (Lipinski definition) is 1. The van der Waals surface area contributed by atoms with E-state index < -0.39 is 0 Å². The van der Waals surface area contributed by atoms with Gasteiger partial charge in [0.25, 0.3) is 0 Å². The molecule has 15 heavy (non-hydrogen) atoms. The predicted molar refractivity (Wildman–Crippen MR) is 57.5 cm³/mol. The molecule has 0 bridgehead atoms. The maximum Gasteiger partial charge on any atom is 0.307 e. The Morgan fingerprint density at radius 1 is 1.60 bits per heavy atom. The second kappa shape index (κ2) is 5.47. The van der Waals surface area contributed by atoms with Crippen LogP contribution >= 0.6 is 0 Å². The highest BCUT2D eigenvalue weighted by Crippen LogP contribution is 2.28. The molecule has 4 heteroatoms. The van der Waals surface area contributed by atoms with Gasteiger partial charge < -0.3 is 14.7 Å². The van der Waals surface area contributed by atoms with Gasteiger partial charge in [0, 0.05) is 12.6 Å². The van der Waals surface area contributed by atoms with E-state index in [-0.39, 0.29) is 18.1 Å². The van der Waals surface area contributed by atoms with Crippen LogP contribution in [0.4, 0.5) is 0 Å². The zero-order valence-corrected chi connectivity index (χ0v) is 9.77. The van der Waals surface area contributed by atoms with Crippen LogP contribution in [0.5, 0.6) is 0 Å². The highest BCUT2D eigenvalue weighted by Gasteiger charge is 2.29. The van der Waals surface area contributed by atoms with Gasteiger partial charge in [0.2, 0.25) is 0 Å². The first-order valence-corrected chi connectivity index (χ1v) is 5.48. The van der Waals surface area contributed by atoms with Crippen molar-refractivity contribution in [2.75, 3.05) is 20.7 Å². The van der Waals surface area contributed by atoms with Gasteiger partial charge in [0.05, 0.1) is 19.6 Å². The zero-order chi connectivity index (χ0) is 11.4. The van der Waals surface area contributed by atoms with Crippen molar-refractivity contribution in [3.05, 3.63) is 0 Å². The van der Waals surface area contributed by atoms with Gasteiger partial charge in [0.15, 0.2) is 0 Å². The molecular weight excluding hydrogens is 194 g/mol. The van der Waals surface area contributed by atoms with E-state index in [2.05, 4.69) is 9.64 Å². The highest BCUT2D eigenvalue weighted by atomic mass is 16.5. The minimum Gasteiger partial charge on any atom is -0.469 e. The number of carbonyl (C=O) groups excluding carboxylic acids is 1. The van der Waals surface area contributed by atoms with Crippen molar-refractivity contribution in [2.45, 2.75) is 38.3 Å². The van der Waals surface area contributed by atoms with Gasteiger partial charge >= 0.3 is 5.97 Å². The van der Waals surface area contributed by atoms with Crippen LogP contribution in [-0.4, -0.2) is 48.8 Å². The van der Waals surface area contributed by atoms with E-state index in [0.29, 0.717) is 12.3 Å². The molecule has 0 aliphatic heterocycles. The topological polar surface area (TPSA) is 49.8 Å². The molecule has 4 nitrogen and oxygen atoms in total. The molecule has 0 heterocycles. The Bertz CT molecular complexity index is 214. The summed E-state index contributed by atoms with van der Waals surface area (Å²) in [7, 11) is 3.43. The van der Waals surface area contributed by atoms with E-state index in [9.17, 15) is 4.79 Å². The van der Waals surface area contributed by atoms with E-state index in [1.54, 1.807) is 0 Å². The van der Waals surface area contributed by atoms with Crippen molar-refractivity contribution in [1.82, 2.24) is 4.90 Å². The molecule has 1 atom stereocenters. The second-order valence-electron chi connectivity index (χ2n) is 4.56. The molecule has 1 saturated carbocycles. The molecule has 0 amide bonds. The zero-order valence-electron chi connectivity index (χ0n) is 9.77. The molecule has 0 spiro atoms. The number of aliphatic hydroxyl groups excluding tert-OH is 1. The van der Waals surface area contributed by atoms with Crippen LogP contribution in [0.1, 0.15) is 26.2 Å². The Labute approximate surface area is 91.2 Å². The maximum absolute atomic E-state index is 11.1. The third-order valence-electron chi connectivity index (χ3n) is 3.20. The summed E-state index contributed by atoms with van der Waals surface area (Å²) in [5.41, 5.74) is 0. The van der Waals surface area contributed by atoms with Gasteiger partial charge in [-0.25, -0.2) is 0 Å². The molecule has 0 saturated heterocycles. The average Bonchev–Trinajstić information content (AvgIpc) is 2.15. The fourth-order valence-corrected chi connectivity index (χ4v) is 1.92. The monoisotopic (exact) mass is 215 g/mol. The van der Waals surface area contributed by atoms with Crippen molar-refractivity contribution in [3.63, 3.8) is 0 Å². The lowest BCUT2D eigenvalue weighted by Gasteiger charge is -2.36. The number of carbonyl (C=O) groups is 1. The highest BCUT2D eigenvalue weighted by molar-refractivity contribution is 5.69. The Morgan fingerprint density at radius 3 is 2.67 bits per heavy atom. The van der Waals surface area contributed by atoms with Gasteiger partial charge in [-0.15, -0.1) is 0 Å². The predicted octanol–water partition coefficient (Wildman–Crippen LogP) is 0.641. The van der Waals surface area contributed by atoms with Crippen LogP contribution in [0.25, 0.3) is 0 Å². The van der Waals surface area contributed by atoms with E-state index in [1.165, 1.54) is 7.11 Å². The van der Waals surface area contributed by atoms with Crippen LogP contribution in [0, 0.1) is 5.92 Å². The van der Waals surface area contributed by atoms with E-state index in [4.69, 9.17) is 5.11 Å². The van der Waals surface area contributed by atoms with Crippen LogP contribution in [0.3, 0.4) is 0 Å². The summed E-state index contributed by atoms with van der Waals surface area (Å²) in [6, 6.07) is 0.204. The van der Waals surface area contributed by atoms with Crippen LogP contribution in [-0.2, 0) is 9.53 Å². The maximum atomic E-state index is 11.1. The Hall–Kier alpha value is -0.610. The Kier molecular flexibility index (Phi) is 4.54. The van der Waals surface area contributed by atoms with Gasteiger partial charge in [-0.05, 0) is 32.7 Å². The van der Waals surface area contributed by atoms with Gasteiger partial charge in [-0.1, -0.05) is 0 Å². The molecule has 1 unspecified atom stereocenters. The minimum atomic E-state index is -0.164. The molecule has 1 N–H and O–H groups in total. The molecule has 0 aromatic rings. The summed E-state index contributed by atoms with van der Waals surface area (Å²) in [5.74, 6) is 0.424. The fourth-order valence-electron chi connectivity index (χ4n) is 1.92. The van der Waals surface area contributed by atoms with Crippen molar-refractivity contribution >= 4 is 5.97 Å². The van der Waals surface area contributed by atoms with Crippen molar-refractivity contribution in [1.29, 1.82) is 0 Å². The smallest absolute Gasteiger partial charge is 0.307 e. The fraction of sp³-hybridized carbons (Fsp3) is 0.909. The SMILES string of the molecule is COC(=O)CC(C)N(C)CC1CC(O)C1. The summed E-state index contributed by atoms with van der Waals surface area (Å²) >= 11 is 0. The molecule has 1 fully saturated rings. The first-order valence-electron chi connectivity index (χ1n) is 5.48. The largest absolute Gasteiger partial charge is 0.469 e. The number of nitrogens with zero attached hydrogens (tertiary/aromatic N) is 1. The van der Waals surface area contributed by atoms with Gasteiger partial charge in [-0.2, -0.15) is 0 Å². The molecule has 88 valence electrons. The average molecular weight is 215 g/mol. The lowest BCUT2D eigenvalue weighted by Crippen LogP contribution is -2.41. The van der Waals surface area contributed by atoms with Crippen molar-refractivity contribution in [3.8, 4) is 0 Å². The van der Waals surface area contributed by atoms with Crippen LogP contribution < -0.4 is 0 Å². The molecule has 0 radical (unpaired) electrons. The molecule has 1 aliphatic rings. The Balaban J connectivity index is 2.20. The van der Waals surface area contributed by atoms with Crippen LogP contribution in [0.2, 0.25) is 0 Å². The minimum absolute atomic E-state index is 0.0979. The Morgan fingerprint density at radius 2 is 2.20 bits per heavy atom. The quantitative estimate of drug-likeness (QED) is 0.684. The third kappa shape index (κ3) is 3.80. The van der Waals surface area contributed by atoms with Crippen molar-refractivity contribution in [2.24, 2.45) is 5.92 Å². The number of aliphatic hydroxyl groups is 1. The lowest BCUT2D eigenvalue weighted by atomic mass is 9.82. The number of rotatable bonds is 5. The van der Waals surface area contributed by atoms with E-state index in [1.807, 2.05) is 14.0 Å². The summed E-state index contributed by atoms with van der Waals surface area (Å²) in [6.45, 7) is 2.97. The third-order valence-corrected chi connectivity index (χ3v) is 3.20. The lowest BCUT2D eigenvalue weighted by molar-refractivity contribution is -0.141. The summed E-state index contributed by atoms with van der Waals surface area (Å²) in [6.07, 6.45) is 2.13. The standard InChI is InChI=1S/C11H21NO3/c1-8(4-11(14)15-3)12(2)7-9-5-10(13)6-9/h8-10,13H,4-7H2,1-3H3. The number of ether oxygens (including phenoxy) is 1. The normalized spacial score (nSPS) is 27.3. The van der Waals surface area contributed by atoms with Gasteiger partial charge in [0.1, 0.15) is 0 Å². The summed E-state index contributed by atoms with van der Waals surface area (Å²) in [5, 5.41) is 9.16. The first kappa shape index (κ1) is 12.5. The molecular formula is C11H21NO3. The van der Waals surface area contributed by atoms with Gasteiger partial charge in [-0.3, -0.25) is 4.79 Å². The van der Waals surface area contributed by atoms with E-state index in [0.717, 1.165) is 19.4 Å². The number of hydrogen-bond acceptors (Lipinski definition) is 4. The number of methoxy groups -OCH3 is 1. The molecule has 1 rings (SSSR count). The molecule has 0 aromatic carbocycles. The second-order valence-corrected chi connectivity index (χ2v) is 4.56. The van der Waals surface area contributed by atoms with E-state index >= 15 is 0 Å². The van der Waals surface area contributed by atoms with Crippen LogP contribution in [0.15, 0.2) is 0 Å². The molecule has 0 aromatic heterocycles. The number of esters is 1. The molecule has 1 aliphatic carbocycles.